The van der Waals surface area contributed by atoms with Crippen LogP contribution in [-0.4, -0.2) is 34.7 Å². The molecular weight excluding hydrogens is 304 g/mol. The van der Waals surface area contributed by atoms with E-state index in [0.29, 0.717) is 19.0 Å². The zero-order valence-corrected chi connectivity index (χ0v) is 12.5. The lowest BCUT2D eigenvalue weighted by Crippen LogP contribution is -2.50. The van der Waals surface area contributed by atoms with Gasteiger partial charge in [-0.3, -0.25) is 0 Å². The van der Waals surface area contributed by atoms with Crippen molar-refractivity contribution in [1.82, 2.24) is 9.88 Å². The van der Waals surface area contributed by atoms with Crippen LogP contribution in [0, 0.1) is 0 Å². The van der Waals surface area contributed by atoms with E-state index in [1.165, 1.54) is 0 Å². The first-order valence-corrected chi connectivity index (χ1v) is 7.11. The summed E-state index contributed by atoms with van der Waals surface area (Å²) in [4.78, 5) is 17.8. The molecule has 4 nitrogen and oxygen atoms in total. The van der Waals surface area contributed by atoms with Gasteiger partial charge in [0.2, 0.25) is 0 Å². The highest BCUT2D eigenvalue weighted by Crippen LogP contribution is 2.31. The van der Waals surface area contributed by atoms with Gasteiger partial charge in [-0.25, -0.2) is 9.78 Å². The maximum atomic E-state index is 11.7. The number of ether oxygens (including phenoxy) is 1. The van der Waals surface area contributed by atoms with Gasteiger partial charge in [-0.05, 0) is 36.7 Å². The second kappa shape index (κ2) is 4.57. The van der Waals surface area contributed by atoms with Crippen molar-refractivity contribution in [2.24, 2.45) is 0 Å². The molecule has 0 atom stereocenters. The van der Waals surface area contributed by atoms with E-state index in [0.717, 1.165) is 9.61 Å². The topological polar surface area (TPSA) is 42.4 Å². The molecule has 0 unspecified atom stereocenters. The molecule has 0 spiro atoms. The first kappa shape index (κ1) is 12.8. The third-order valence-electron chi connectivity index (χ3n) is 2.38. The standard InChI is InChI=1S/C11H15BrN2O2S/c1-11(2,3)16-10(15)14-4-7(5-14)9-13-8(12)6-17-9/h6-7H,4-5H2,1-3H3. The second-order valence-electron chi connectivity index (χ2n) is 5.09. The predicted octanol–water partition coefficient (Wildman–Crippen LogP) is 3.24. The number of hydrogen-bond acceptors (Lipinski definition) is 4. The van der Waals surface area contributed by atoms with Gasteiger partial charge in [0.05, 0.1) is 0 Å². The fourth-order valence-corrected chi connectivity index (χ4v) is 2.92. The number of amides is 1. The average Bonchev–Trinajstić information content (AvgIpc) is 2.45. The SMILES string of the molecule is CC(C)(C)OC(=O)N1CC(c2nc(Br)cs2)C1. The molecule has 2 rings (SSSR count). The Labute approximate surface area is 113 Å². The molecule has 1 aromatic heterocycles. The molecule has 0 N–H and O–H groups in total. The Hall–Kier alpha value is -0.620. The molecule has 0 bridgehead atoms. The molecule has 1 amide bonds. The Kier molecular flexibility index (Phi) is 3.45. The summed E-state index contributed by atoms with van der Waals surface area (Å²) >= 11 is 4.96. The number of halogens is 1. The van der Waals surface area contributed by atoms with Crippen molar-refractivity contribution < 1.29 is 9.53 Å². The lowest BCUT2D eigenvalue weighted by molar-refractivity contribution is 0.00818. The molecule has 1 aliphatic rings. The van der Waals surface area contributed by atoms with Gasteiger partial charge in [-0.15, -0.1) is 11.3 Å². The molecule has 1 aromatic rings. The molecule has 6 heteroatoms. The van der Waals surface area contributed by atoms with Crippen LogP contribution in [0.2, 0.25) is 0 Å². The fraction of sp³-hybridized carbons (Fsp3) is 0.636. The highest BCUT2D eigenvalue weighted by Gasteiger charge is 2.35. The van der Waals surface area contributed by atoms with Crippen LogP contribution in [0.25, 0.3) is 0 Å². The zero-order chi connectivity index (χ0) is 12.6. The Balaban J connectivity index is 1.85. The molecule has 94 valence electrons. The zero-order valence-electron chi connectivity index (χ0n) is 10.1. The number of hydrogen-bond donors (Lipinski definition) is 0. The van der Waals surface area contributed by atoms with Gasteiger partial charge >= 0.3 is 6.09 Å². The van der Waals surface area contributed by atoms with Gasteiger partial charge in [-0.2, -0.15) is 0 Å². The maximum Gasteiger partial charge on any atom is 0.410 e. The quantitative estimate of drug-likeness (QED) is 0.798. The summed E-state index contributed by atoms with van der Waals surface area (Å²) in [5.74, 6) is 0.360. The lowest BCUT2D eigenvalue weighted by atomic mass is 10.0. The monoisotopic (exact) mass is 318 g/mol. The van der Waals surface area contributed by atoms with E-state index in [1.807, 2.05) is 26.2 Å². The van der Waals surface area contributed by atoms with Crippen molar-refractivity contribution in [1.29, 1.82) is 0 Å². The largest absolute Gasteiger partial charge is 0.444 e. The first-order chi connectivity index (χ1) is 7.85. The van der Waals surface area contributed by atoms with Crippen molar-refractivity contribution >= 4 is 33.4 Å². The van der Waals surface area contributed by atoms with E-state index in [9.17, 15) is 4.79 Å². The Morgan fingerprint density at radius 1 is 1.59 bits per heavy atom. The average molecular weight is 319 g/mol. The molecule has 2 heterocycles. The number of carbonyl (C=O) groups is 1. The Morgan fingerprint density at radius 2 is 2.24 bits per heavy atom. The number of aromatic nitrogens is 1. The maximum absolute atomic E-state index is 11.7. The van der Waals surface area contributed by atoms with Gasteiger partial charge in [0.25, 0.3) is 0 Å². The summed E-state index contributed by atoms with van der Waals surface area (Å²) in [6, 6.07) is 0. The van der Waals surface area contributed by atoms with Gasteiger partial charge in [0, 0.05) is 24.4 Å². The molecule has 0 aliphatic carbocycles. The van der Waals surface area contributed by atoms with Crippen LogP contribution in [0.3, 0.4) is 0 Å². The molecule has 0 radical (unpaired) electrons. The van der Waals surface area contributed by atoms with Crippen LogP contribution in [-0.2, 0) is 4.74 Å². The number of nitrogens with zero attached hydrogens (tertiary/aromatic N) is 2. The van der Waals surface area contributed by atoms with E-state index in [-0.39, 0.29) is 6.09 Å². The minimum Gasteiger partial charge on any atom is -0.444 e. The summed E-state index contributed by atoms with van der Waals surface area (Å²) in [6.45, 7) is 7.03. The van der Waals surface area contributed by atoms with Crippen LogP contribution in [0.1, 0.15) is 31.7 Å². The third-order valence-corrected chi connectivity index (χ3v) is 4.09. The summed E-state index contributed by atoms with van der Waals surface area (Å²) in [5, 5.41) is 3.04. The second-order valence-corrected chi connectivity index (χ2v) is 6.79. The van der Waals surface area contributed by atoms with E-state index < -0.39 is 5.60 Å². The number of likely N-dealkylation sites (tertiary alicyclic amines) is 1. The van der Waals surface area contributed by atoms with Crippen LogP contribution >= 0.6 is 27.3 Å². The molecule has 1 saturated heterocycles. The van der Waals surface area contributed by atoms with Crippen molar-refractivity contribution in [2.45, 2.75) is 32.3 Å². The summed E-state index contributed by atoms with van der Waals surface area (Å²) in [5.41, 5.74) is -0.424. The predicted molar refractivity (Wildman–Crippen MR) is 70.4 cm³/mol. The highest BCUT2D eigenvalue weighted by atomic mass is 79.9. The molecule has 0 aromatic carbocycles. The third kappa shape index (κ3) is 3.19. The van der Waals surface area contributed by atoms with Gasteiger partial charge < -0.3 is 9.64 Å². The summed E-state index contributed by atoms with van der Waals surface area (Å²) in [6.07, 6.45) is -0.232. The molecule has 0 saturated carbocycles. The lowest BCUT2D eigenvalue weighted by Gasteiger charge is -2.38. The Morgan fingerprint density at radius 3 is 2.71 bits per heavy atom. The highest BCUT2D eigenvalue weighted by molar-refractivity contribution is 9.10. The number of thiazole rings is 1. The van der Waals surface area contributed by atoms with Crippen LogP contribution < -0.4 is 0 Å². The normalized spacial score (nSPS) is 16.8. The van der Waals surface area contributed by atoms with Gasteiger partial charge in [0.1, 0.15) is 15.2 Å². The Bertz CT molecular complexity index is 421. The van der Waals surface area contributed by atoms with Crippen molar-refractivity contribution in [3.05, 3.63) is 15.0 Å². The minimum atomic E-state index is -0.424. The minimum absolute atomic E-state index is 0.232. The van der Waals surface area contributed by atoms with Gasteiger partial charge in [-0.1, -0.05) is 0 Å². The first-order valence-electron chi connectivity index (χ1n) is 5.44. The molecular formula is C11H15BrN2O2S. The van der Waals surface area contributed by atoms with E-state index in [4.69, 9.17) is 4.74 Å². The van der Waals surface area contributed by atoms with Gasteiger partial charge in [0.15, 0.2) is 0 Å². The van der Waals surface area contributed by atoms with Crippen molar-refractivity contribution in [3.8, 4) is 0 Å². The summed E-state index contributed by atoms with van der Waals surface area (Å²) in [7, 11) is 0. The number of rotatable bonds is 1. The summed E-state index contributed by atoms with van der Waals surface area (Å²) < 4.78 is 6.16. The van der Waals surface area contributed by atoms with Crippen LogP contribution in [0.5, 0.6) is 0 Å². The smallest absolute Gasteiger partial charge is 0.410 e. The van der Waals surface area contributed by atoms with E-state index >= 15 is 0 Å². The van der Waals surface area contributed by atoms with Crippen molar-refractivity contribution in [3.63, 3.8) is 0 Å². The molecule has 1 aliphatic heterocycles. The van der Waals surface area contributed by atoms with Crippen molar-refractivity contribution in [2.75, 3.05) is 13.1 Å². The van der Waals surface area contributed by atoms with E-state index in [1.54, 1.807) is 16.2 Å². The van der Waals surface area contributed by atoms with E-state index in [2.05, 4.69) is 20.9 Å². The van der Waals surface area contributed by atoms with Crippen LogP contribution in [0.15, 0.2) is 9.98 Å². The molecule has 17 heavy (non-hydrogen) atoms. The molecule has 1 fully saturated rings. The van der Waals surface area contributed by atoms with Crippen LogP contribution in [0.4, 0.5) is 4.79 Å². The fourth-order valence-electron chi connectivity index (χ4n) is 1.56. The number of carbonyl (C=O) groups excluding carboxylic acids is 1.